The fourth-order valence-corrected chi connectivity index (χ4v) is 2.97. The van der Waals surface area contributed by atoms with Crippen molar-refractivity contribution >= 4 is 17.8 Å². The molecule has 0 bridgehead atoms. The molecule has 1 saturated heterocycles. The molecule has 144 valence electrons. The molecule has 9 heteroatoms. The van der Waals surface area contributed by atoms with E-state index in [0.717, 1.165) is 19.4 Å². The van der Waals surface area contributed by atoms with Crippen molar-refractivity contribution in [2.24, 2.45) is 5.92 Å². The first kappa shape index (κ1) is 19.9. The maximum atomic E-state index is 12.7. The molecule has 1 aliphatic rings. The molecule has 0 aromatic carbocycles. The Kier molecular flexibility index (Phi) is 7.14. The number of aromatic nitrogens is 2. The molecule has 1 aliphatic heterocycles. The maximum absolute atomic E-state index is 12.7. The average molecular weight is 365 g/mol. The van der Waals surface area contributed by atoms with E-state index < -0.39 is 24.0 Å². The van der Waals surface area contributed by atoms with Gasteiger partial charge in [0, 0.05) is 18.3 Å². The van der Waals surface area contributed by atoms with Crippen LogP contribution in [-0.2, 0) is 20.8 Å². The van der Waals surface area contributed by atoms with Crippen LogP contribution in [0.2, 0.25) is 0 Å². The Labute approximate surface area is 152 Å². The molecule has 1 aromatic rings. The summed E-state index contributed by atoms with van der Waals surface area (Å²) in [4.78, 5) is 43.3. The lowest BCUT2D eigenvalue weighted by molar-refractivity contribution is -0.142. The highest BCUT2D eigenvalue weighted by Crippen LogP contribution is 2.08. The van der Waals surface area contributed by atoms with Gasteiger partial charge in [0.15, 0.2) is 0 Å². The fourth-order valence-electron chi connectivity index (χ4n) is 2.97. The van der Waals surface area contributed by atoms with Crippen LogP contribution in [0.4, 0.5) is 0 Å². The number of H-pyrrole nitrogens is 1. The Bertz CT molecular complexity index is 611. The number of aliphatic carboxylic acids is 1. The van der Waals surface area contributed by atoms with Gasteiger partial charge in [-0.3, -0.25) is 9.59 Å². The Hall–Kier alpha value is -2.42. The van der Waals surface area contributed by atoms with Crippen LogP contribution in [-0.4, -0.2) is 57.5 Å². The molecule has 2 heterocycles. The summed E-state index contributed by atoms with van der Waals surface area (Å²) in [5.74, 6) is -1.74. The minimum Gasteiger partial charge on any atom is -0.480 e. The third-order valence-corrected chi connectivity index (χ3v) is 4.31. The number of hydrogen-bond donors (Lipinski definition) is 5. The van der Waals surface area contributed by atoms with Crippen LogP contribution >= 0.6 is 0 Å². The number of nitrogens with zero attached hydrogens (tertiary/aromatic N) is 1. The van der Waals surface area contributed by atoms with E-state index in [0.29, 0.717) is 12.1 Å². The van der Waals surface area contributed by atoms with Crippen molar-refractivity contribution in [3.8, 4) is 0 Å². The lowest BCUT2D eigenvalue weighted by Crippen LogP contribution is -2.55. The number of carbonyl (C=O) groups excluding carboxylic acids is 2. The number of nitrogens with one attached hydrogen (secondary N) is 4. The van der Waals surface area contributed by atoms with E-state index in [9.17, 15) is 19.5 Å². The molecular formula is C17H27N5O4. The van der Waals surface area contributed by atoms with Gasteiger partial charge in [-0.1, -0.05) is 13.8 Å². The van der Waals surface area contributed by atoms with Crippen molar-refractivity contribution in [3.63, 3.8) is 0 Å². The summed E-state index contributed by atoms with van der Waals surface area (Å²) in [5.41, 5.74) is 0.681. The third kappa shape index (κ3) is 5.83. The summed E-state index contributed by atoms with van der Waals surface area (Å²) in [7, 11) is 0. The van der Waals surface area contributed by atoms with Gasteiger partial charge in [0.25, 0.3) is 0 Å². The van der Waals surface area contributed by atoms with Crippen molar-refractivity contribution in [1.29, 1.82) is 0 Å². The Morgan fingerprint density at radius 1 is 1.31 bits per heavy atom. The molecule has 0 aliphatic carbocycles. The number of carboxylic acids is 1. The quantitative estimate of drug-likeness (QED) is 0.411. The molecule has 9 nitrogen and oxygen atoms in total. The largest absolute Gasteiger partial charge is 0.480 e. The van der Waals surface area contributed by atoms with Gasteiger partial charge in [0.1, 0.15) is 12.1 Å². The predicted molar refractivity (Wildman–Crippen MR) is 94.3 cm³/mol. The second-order valence-corrected chi connectivity index (χ2v) is 7.02. The van der Waals surface area contributed by atoms with Gasteiger partial charge in [0.2, 0.25) is 11.8 Å². The number of amides is 2. The van der Waals surface area contributed by atoms with Crippen LogP contribution in [0.3, 0.4) is 0 Å². The molecule has 1 aromatic heterocycles. The van der Waals surface area contributed by atoms with Gasteiger partial charge in [-0.15, -0.1) is 0 Å². The second-order valence-electron chi connectivity index (χ2n) is 7.02. The normalized spacial score (nSPS) is 19.1. The SMILES string of the molecule is CC(C)CC(NC(=O)C(Cc1cnc[nH]1)NC(=O)C1CCCN1)C(=O)O. The molecule has 2 rings (SSSR count). The fraction of sp³-hybridized carbons (Fsp3) is 0.647. The van der Waals surface area contributed by atoms with Crippen molar-refractivity contribution in [2.75, 3.05) is 6.54 Å². The van der Waals surface area contributed by atoms with Crippen molar-refractivity contribution in [3.05, 3.63) is 18.2 Å². The highest BCUT2D eigenvalue weighted by molar-refractivity contribution is 5.92. The second kappa shape index (κ2) is 9.33. The van der Waals surface area contributed by atoms with Gasteiger partial charge in [-0.25, -0.2) is 9.78 Å². The van der Waals surface area contributed by atoms with Crippen molar-refractivity contribution < 1.29 is 19.5 Å². The van der Waals surface area contributed by atoms with Gasteiger partial charge >= 0.3 is 5.97 Å². The lowest BCUT2D eigenvalue weighted by atomic mass is 10.0. The molecule has 5 N–H and O–H groups in total. The minimum atomic E-state index is -1.09. The van der Waals surface area contributed by atoms with E-state index >= 15 is 0 Å². The van der Waals surface area contributed by atoms with Crippen LogP contribution in [0, 0.1) is 5.92 Å². The standard InChI is InChI=1S/C17H27N5O4/c1-10(2)6-14(17(25)26)22-16(24)13(7-11-8-18-9-20-11)21-15(23)12-4-3-5-19-12/h8-10,12-14,19H,3-7H2,1-2H3,(H,18,20)(H,21,23)(H,22,24)(H,25,26). The maximum Gasteiger partial charge on any atom is 0.326 e. The summed E-state index contributed by atoms with van der Waals surface area (Å²) in [6.07, 6.45) is 5.21. The summed E-state index contributed by atoms with van der Waals surface area (Å²) < 4.78 is 0. The average Bonchev–Trinajstić information content (AvgIpc) is 3.26. The number of imidazole rings is 1. The molecule has 3 atom stereocenters. The summed E-state index contributed by atoms with van der Waals surface area (Å²) in [6.45, 7) is 4.54. The van der Waals surface area contributed by atoms with E-state index in [1.165, 1.54) is 6.33 Å². The summed E-state index contributed by atoms with van der Waals surface area (Å²) in [6, 6.07) is -2.19. The predicted octanol–water partition coefficient (Wildman–Crippen LogP) is -0.195. The van der Waals surface area contributed by atoms with Crippen LogP contribution < -0.4 is 16.0 Å². The van der Waals surface area contributed by atoms with Crippen LogP contribution in [0.25, 0.3) is 0 Å². The Morgan fingerprint density at radius 3 is 2.62 bits per heavy atom. The van der Waals surface area contributed by atoms with Gasteiger partial charge in [-0.05, 0) is 31.7 Å². The molecule has 26 heavy (non-hydrogen) atoms. The number of hydrogen-bond acceptors (Lipinski definition) is 5. The van der Waals surface area contributed by atoms with Crippen molar-refractivity contribution in [2.45, 2.75) is 57.7 Å². The highest BCUT2D eigenvalue weighted by atomic mass is 16.4. The Balaban J connectivity index is 2.06. The van der Waals surface area contributed by atoms with E-state index in [-0.39, 0.29) is 24.3 Å². The zero-order chi connectivity index (χ0) is 19.1. The van der Waals surface area contributed by atoms with E-state index in [4.69, 9.17) is 0 Å². The lowest BCUT2D eigenvalue weighted by Gasteiger charge is -2.23. The smallest absolute Gasteiger partial charge is 0.326 e. The molecular weight excluding hydrogens is 338 g/mol. The third-order valence-electron chi connectivity index (χ3n) is 4.31. The van der Waals surface area contributed by atoms with Gasteiger partial charge < -0.3 is 26.0 Å². The molecule has 2 amide bonds. The van der Waals surface area contributed by atoms with Gasteiger partial charge in [0.05, 0.1) is 12.4 Å². The van der Waals surface area contributed by atoms with Crippen LogP contribution in [0.5, 0.6) is 0 Å². The van der Waals surface area contributed by atoms with Crippen molar-refractivity contribution in [1.82, 2.24) is 25.9 Å². The molecule has 0 saturated carbocycles. The minimum absolute atomic E-state index is 0.111. The molecule has 0 radical (unpaired) electrons. The Morgan fingerprint density at radius 2 is 2.08 bits per heavy atom. The number of rotatable bonds is 9. The van der Waals surface area contributed by atoms with E-state index in [1.807, 2.05) is 13.8 Å². The number of carbonyl (C=O) groups is 3. The van der Waals surface area contributed by atoms with Gasteiger partial charge in [-0.2, -0.15) is 0 Å². The molecule has 3 unspecified atom stereocenters. The van der Waals surface area contributed by atoms with Crippen LogP contribution in [0.15, 0.2) is 12.5 Å². The summed E-state index contributed by atoms with van der Waals surface area (Å²) >= 11 is 0. The first-order valence-corrected chi connectivity index (χ1v) is 8.91. The first-order valence-electron chi connectivity index (χ1n) is 8.91. The zero-order valence-corrected chi connectivity index (χ0v) is 15.1. The number of carboxylic acid groups (broad SMARTS) is 1. The zero-order valence-electron chi connectivity index (χ0n) is 15.1. The van der Waals surface area contributed by atoms with E-state index in [2.05, 4.69) is 25.9 Å². The van der Waals surface area contributed by atoms with E-state index in [1.54, 1.807) is 6.20 Å². The highest BCUT2D eigenvalue weighted by Gasteiger charge is 2.30. The monoisotopic (exact) mass is 365 g/mol. The summed E-state index contributed by atoms with van der Waals surface area (Å²) in [5, 5.41) is 17.7. The molecule has 0 spiro atoms. The topological polar surface area (TPSA) is 136 Å². The first-order chi connectivity index (χ1) is 12.4. The molecule has 1 fully saturated rings. The number of aromatic amines is 1. The van der Waals surface area contributed by atoms with Crippen LogP contribution in [0.1, 0.15) is 38.8 Å².